The second kappa shape index (κ2) is 9.45. The third kappa shape index (κ3) is 5.10. The first-order valence-electron chi connectivity index (χ1n) is 10.7. The van der Waals surface area contributed by atoms with Gasteiger partial charge >= 0.3 is 6.03 Å². The summed E-state index contributed by atoms with van der Waals surface area (Å²) in [6, 6.07) is 8.42. The molecule has 2 unspecified atom stereocenters. The summed E-state index contributed by atoms with van der Waals surface area (Å²) in [7, 11) is 0. The van der Waals surface area contributed by atoms with Gasteiger partial charge in [-0.25, -0.2) is 15.6 Å². The van der Waals surface area contributed by atoms with E-state index in [9.17, 15) is 9.59 Å². The van der Waals surface area contributed by atoms with Crippen LogP contribution in [0, 0.1) is 0 Å². The van der Waals surface area contributed by atoms with Gasteiger partial charge in [0.15, 0.2) is 0 Å². The van der Waals surface area contributed by atoms with E-state index in [4.69, 9.17) is 0 Å². The lowest BCUT2D eigenvalue weighted by Gasteiger charge is -2.36. The molecule has 29 heavy (non-hydrogen) atoms. The Balaban J connectivity index is 1.24. The Morgan fingerprint density at radius 3 is 2.28 bits per heavy atom. The number of benzene rings is 1. The minimum atomic E-state index is -0.230. The van der Waals surface area contributed by atoms with Crippen LogP contribution in [0.3, 0.4) is 0 Å². The summed E-state index contributed by atoms with van der Waals surface area (Å²) in [5.41, 5.74) is 7.57. The summed E-state index contributed by atoms with van der Waals surface area (Å²) in [5.74, 6) is 0.115. The number of hydrogen-bond acceptors (Lipinski definition) is 4. The van der Waals surface area contributed by atoms with E-state index in [1.54, 1.807) is 0 Å². The van der Waals surface area contributed by atoms with Crippen LogP contribution in [-0.2, 0) is 4.79 Å². The first kappa shape index (κ1) is 20.6. The van der Waals surface area contributed by atoms with Gasteiger partial charge in [0.05, 0.1) is 0 Å². The third-order valence-corrected chi connectivity index (χ3v) is 6.81. The number of carbonyl (C=O) groups is 2. The zero-order valence-electron chi connectivity index (χ0n) is 16.7. The van der Waals surface area contributed by atoms with Crippen molar-refractivity contribution in [2.45, 2.75) is 56.7 Å². The molecular formula is C21H30BrN5O2. The predicted octanol–water partition coefficient (Wildman–Crippen LogP) is 2.54. The number of urea groups is 1. The Hall–Kier alpha value is -1.64. The normalized spacial score (nSPS) is 25.8. The van der Waals surface area contributed by atoms with Crippen LogP contribution in [0.4, 0.5) is 4.79 Å². The Labute approximate surface area is 180 Å². The van der Waals surface area contributed by atoms with Crippen molar-refractivity contribution in [3.8, 4) is 0 Å². The maximum atomic E-state index is 12.9. The SMILES string of the molecule is O=C(NC1CCCCC1)N1CCN(C(=O)C2CC(c3ccc(Br)cc3)NN2)CC1. The van der Waals surface area contributed by atoms with Gasteiger partial charge in [-0.3, -0.25) is 4.79 Å². The van der Waals surface area contributed by atoms with E-state index in [-0.39, 0.29) is 24.0 Å². The minimum absolute atomic E-state index is 0.0277. The molecule has 0 bridgehead atoms. The van der Waals surface area contributed by atoms with Crippen molar-refractivity contribution in [3.63, 3.8) is 0 Å². The van der Waals surface area contributed by atoms with Gasteiger partial charge in [-0.2, -0.15) is 0 Å². The standard InChI is InChI=1S/C21H30BrN5O2/c22-16-8-6-15(7-9-16)18-14-19(25-24-18)20(28)26-10-12-27(13-11-26)21(29)23-17-4-2-1-3-5-17/h6-9,17-19,24-25H,1-5,10-14H2,(H,23,29). The number of amides is 3. The van der Waals surface area contributed by atoms with Crippen LogP contribution >= 0.6 is 15.9 Å². The molecule has 7 nitrogen and oxygen atoms in total. The Morgan fingerprint density at radius 2 is 1.59 bits per heavy atom. The zero-order chi connectivity index (χ0) is 20.2. The summed E-state index contributed by atoms with van der Waals surface area (Å²) in [4.78, 5) is 29.2. The summed E-state index contributed by atoms with van der Waals surface area (Å²) < 4.78 is 1.05. The highest BCUT2D eigenvalue weighted by Crippen LogP contribution is 2.25. The van der Waals surface area contributed by atoms with E-state index >= 15 is 0 Å². The highest BCUT2D eigenvalue weighted by atomic mass is 79.9. The van der Waals surface area contributed by atoms with Crippen molar-refractivity contribution in [1.29, 1.82) is 0 Å². The van der Waals surface area contributed by atoms with Crippen molar-refractivity contribution in [2.75, 3.05) is 26.2 Å². The maximum Gasteiger partial charge on any atom is 0.317 e. The lowest BCUT2D eigenvalue weighted by molar-refractivity contribution is -0.134. The summed E-state index contributed by atoms with van der Waals surface area (Å²) in [6.07, 6.45) is 6.59. The van der Waals surface area contributed by atoms with E-state index < -0.39 is 0 Å². The number of hydrogen-bond donors (Lipinski definition) is 3. The average molecular weight is 464 g/mol. The Bertz CT molecular complexity index is 714. The van der Waals surface area contributed by atoms with Crippen LogP contribution in [0.2, 0.25) is 0 Å². The van der Waals surface area contributed by atoms with Gasteiger partial charge in [-0.1, -0.05) is 47.3 Å². The first-order valence-corrected chi connectivity index (χ1v) is 11.5. The van der Waals surface area contributed by atoms with E-state index in [1.165, 1.54) is 24.8 Å². The van der Waals surface area contributed by atoms with Crippen molar-refractivity contribution in [3.05, 3.63) is 34.3 Å². The van der Waals surface area contributed by atoms with E-state index in [0.717, 1.165) is 23.7 Å². The van der Waals surface area contributed by atoms with Gasteiger partial charge in [-0.15, -0.1) is 0 Å². The van der Waals surface area contributed by atoms with Crippen molar-refractivity contribution in [1.82, 2.24) is 26.0 Å². The molecular weight excluding hydrogens is 434 g/mol. The Morgan fingerprint density at radius 1 is 0.931 bits per heavy atom. The molecule has 2 saturated heterocycles. The first-order chi connectivity index (χ1) is 14.1. The minimum Gasteiger partial charge on any atom is -0.338 e. The van der Waals surface area contributed by atoms with Gasteiger partial charge in [0.2, 0.25) is 5.91 Å². The maximum absolute atomic E-state index is 12.9. The van der Waals surface area contributed by atoms with Crippen LogP contribution in [0.1, 0.15) is 50.1 Å². The second-order valence-electron chi connectivity index (χ2n) is 8.28. The van der Waals surface area contributed by atoms with Gasteiger partial charge in [-0.05, 0) is 37.0 Å². The van der Waals surface area contributed by atoms with E-state index in [1.807, 2.05) is 21.9 Å². The van der Waals surface area contributed by atoms with Gasteiger partial charge in [0.1, 0.15) is 6.04 Å². The number of carbonyl (C=O) groups excluding carboxylic acids is 2. The molecule has 3 amide bonds. The lowest BCUT2D eigenvalue weighted by atomic mass is 9.96. The molecule has 1 aromatic carbocycles. The van der Waals surface area contributed by atoms with Crippen LogP contribution in [-0.4, -0.2) is 60.0 Å². The number of hydrazine groups is 1. The summed E-state index contributed by atoms with van der Waals surface area (Å²) in [6.45, 7) is 2.39. The van der Waals surface area contributed by atoms with Gasteiger partial charge < -0.3 is 15.1 Å². The van der Waals surface area contributed by atoms with E-state index in [2.05, 4.69) is 44.2 Å². The quantitative estimate of drug-likeness (QED) is 0.643. The smallest absolute Gasteiger partial charge is 0.317 e. The number of halogens is 1. The molecule has 0 radical (unpaired) electrons. The molecule has 2 heterocycles. The van der Waals surface area contributed by atoms with Crippen molar-refractivity contribution < 1.29 is 9.59 Å². The fourth-order valence-electron chi connectivity index (χ4n) is 4.49. The van der Waals surface area contributed by atoms with Crippen molar-refractivity contribution in [2.24, 2.45) is 0 Å². The molecule has 0 spiro atoms. The molecule has 4 rings (SSSR count). The van der Waals surface area contributed by atoms with Crippen LogP contribution < -0.4 is 16.2 Å². The fourth-order valence-corrected chi connectivity index (χ4v) is 4.76. The van der Waals surface area contributed by atoms with Crippen LogP contribution in [0.25, 0.3) is 0 Å². The number of rotatable bonds is 3. The molecule has 8 heteroatoms. The highest BCUT2D eigenvalue weighted by Gasteiger charge is 2.34. The van der Waals surface area contributed by atoms with Crippen LogP contribution in [0.15, 0.2) is 28.7 Å². The van der Waals surface area contributed by atoms with Gasteiger partial charge in [0, 0.05) is 42.7 Å². The molecule has 158 valence electrons. The number of piperazine rings is 1. The fraction of sp³-hybridized carbons (Fsp3) is 0.619. The van der Waals surface area contributed by atoms with Crippen molar-refractivity contribution >= 4 is 27.9 Å². The largest absolute Gasteiger partial charge is 0.338 e. The van der Waals surface area contributed by atoms with Crippen LogP contribution in [0.5, 0.6) is 0 Å². The second-order valence-corrected chi connectivity index (χ2v) is 9.19. The predicted molar refractivity (Wildman–Crippen MR) is 115 cm³/mol. The number of nitrogens with one attached hydrogen (secondary N) is 3. The van der Waals surface area contributed by atoms with E-state index in [0.29, 0.717) is 32.2 Å². The monoisotopic (exact) mass is 463 g/mol. The lowest BCUT2D eigenvalue weighted by Crippen LogP contribution is -2.57. The Kier molecular flexibility index (Phi) is 6.72. The molecule has 2 aliphatic heterocycles. The summed E-state index contributed by atoms with van der Waals surface area (Å²) >= 11 is 3.45. The average Bonchev–Trinajstić information content (AvgIpc) is 3.25. The molecule has 3 N–H and O–H groups in total. The topological polar surface area (TPSA) is 76.7 Å². The molecule has 0 aromatic heterocycles. The molecule has 1 aliphatic carbocycles. The summed E-state index contributed by atoms with van der Waals surface area (Å²) in [5, 5.41) is 3.17. The third-order valence-electron chi connectivity index (χ3n) is 6.28. The molecule has 3 aliphatic rings. The highest BCUT2D eigenvalue weighted by molar-refractivity contribution is 9.10. The molecule has 1 saturated carbocycles. The molecule has 1 aromatic rings. The molecule has 2 atom stereocenters. The number of nitrogens with zero attached hydrogens (tertiary/aromatic N) is 2. The zero-order valence-corrected chi connectivity index (χ0v) is 18.3. The molecule has 3 fully saturated rings. The van der Waals surface area contributed by atoms with Gasteiger partial charge in [0.25, 0.3) is 0 Å².